The summed E-state index contributed by atoms with van der Waals surface area (Å²) in [4.78, 5) is 17.4. The van der Waals surface area contributed by atoms with Gasteiger partial charge in [0.2, 0.25) is 0 Å². The first-order valence-electron chi connectivity index (χ1n) is 12.3. The molecule has 3 heterocycles. The first-order chi connectivity index (χ1) is 18.0. The van der Waals surface area contributed by atoms with E-state index in [-0.39, 0.29) is 5.91 Å². The Hall–Kier alpha value is -3.64. The summed E-state index contributed by atoms with van der Waals surface area (Å²) in [5.74, 6) is -0.205. The number of fused-ring (bicyclic) bond motifs is 1. The van der Waals surface area contributed by atoms with Gasteiger partial charge in [0.25, 0.3) is 5.91 Å². The van der Waals surface area contributed by atoms with Gasteiger partial charge < -0.3 is 29.7 Å². The molecule has 3 aromatic heterocycles. The number of nitrogens with two attached hydrogens (primary N) is 1. The quantitative estimate of drug-likeness (QED) is 0.249. The monoisotopic (exact) mass is 507 g/mol. The van der Waals surface area contributed by atoms with Crippen LogP contribution < -0.4 is 11.1 Å². The fraction of sp³-hybridized carbons (Fsp3) is 0.385. The number of aromatic nitrogens is 5. The number of nitrogens with one attached hydrogen (secondary N) is 1. The Balaban J connectivity index is 1.23. The highest BCUT2D eigenvalue weighted by Crippen LogP contribution is 2.21. The number of aryl methyl sites for hydroxylation is 2. The van der Waals surface area contributed by atoms with E-state index in [0.29, 0.717) is 69.6 Å². The second-order valence-corrected chi connectivity index (χ2v) is 8.49. The van der Waals surface area contributed by atoms with Gasteiger partial charge in [-0.1, -0.05) is 17.3 Å². The summed E-state index contributed by atoms with van der Waals surface area (Å²) in [6, 6.07) is 11.3. The van der Waals surface area contributed by atoms with E-state index in [1.807, 2.05) is 61.0 Å². The number of benzene rings is 1. The number of amides is 1. The van der Waals surface area contributed by atoms with Crippen LogP contribution in [0.5, 0.6) is 0 Å². The largest absolute Gasteiger partial charge is 0.378 e. The zero-order chi connectivity index (χ0) is 26.0. The molecule has 11 heteroatoms. The molecular weight excluding hydrogens is 474 g/mol. The third-order valence-electron chi connectivity index (χ3n) is 5.63. The van der Waals surface area contributed by atoms with Gasteiger partial charge in [-0.05, 0) is 38.1 Å². The van der Waals surface area contributed by atoms with Crippen LogP contribution in [0.25, 0.3) is 16.9 Å². The van der Waals surface area contributed by atoms with Crippen LogP contribution in [-0.4, -0.2) is 76.5 Å². The Morgan fingerprint density at radius 1 is 0.973 bits per heavy atom. The summed E-state index contributed by atoms with van der Waals surface area (Å²) in [6.07, 6.45) is 3.73. The molecule has 37 heavy (non-hydrogen) atoms. The van der Waals surface area contributed by atoms with E-state index in [1.54, 1.807) is 10.7 Å². The molecule has 4 rings (SSSR count). The lowest BCUT2D eigenvalue weighted by Gasteiger charge is -2.07. The molecule has 0 aliphatic rings. The van der Waals surface area contributed by atoms with Gasteiger partial charge in [0, 0.05) is 35.4 Å². The van der Waals surface area contributed by atoms with Gasteiger partial charge in [0.05, 0.1) is 57.9 Å². The van der Waals surface area contributed by atoms with E-state index in [2.05, 4.69) is 20.6 Å². The van der Waals surface area contributed by atoms with Crippen LogP contribution in [-0.2, 0) is 20.8 Å². The number of rotatable bonds is 14. The molecule has 0 atom stereocenters. The fourth-order valence-corrected chi connectivity index (χ4v) is 3.82. The summed E-state index contributed by atoms with van der Waals surface area (Å²) in [5.41, 5.74) is 10.8. The molecule has 0 bridgehead atoms. The molecule has 0 saturated carbocycles. The van der Waals surface area contributed by atoms with E-state index in [1.165, 1.54) is 0 Å². The van der Waals surface area contributed by atoms with Gasteiger partial charge in [-0.3, -0.25) is 4.79 Å². The average Bonchev–Trinajstić information content (AvgIpc) is 3.53. The molecule has 0 fully saturated rings. The lowest BCUT2D eigenvalue weighted by molar-refractivity contribution is 0.0141. The summed E-state index contributed by atoms with van der Waals surface area (Å²) in [6.45, 7) is 8.13. The van der Waals surface area contributed by atoms with Crippen LogP contribution in [0.4, 0.5) is 5.69 Å². The van der Waals surface area contributed by atoms with Crippen LogP contribution in [0.2, 0.25) is 0 Å². The minimum atomic E-state index is -0.205. The van der Waals surface area contributed by atoms with Gasteiger partial charge in [-0.15, -0.1) is 5.10 Å². The predicted octanol–water partition coefficient (Wildman–Crippen LogP) is 2.47. The molecule has 196 valence electrons. The first-order valence-corrected chi connectivity index (χ1v) is 12.3. The standard InChI is InChI=1S/C26H33N7O4/c1-19-17-20(2)33-9-7-23(25(33)28-19)26(34)29-22-5-3-21(4-6-22)24-18-32(31-30-24)10-12-36-14-16-37-15-13-35-11-8-27/h3-7,9,17-18H,8,10-16,27H2,1-2H3,(H,29,34). The van der Waals surface area contributed by atoms with Crippen molar-refractivity contribution in [2.45, 2.75) is 20.4 Å². The SMILES string of the molecule is Cc1cc(C)n2ccc(C(=O)Nc3ccc(-c4cn(CCOCCOCCOCCN)nn4)cc3)c2n1. The third kappa shape index (κ3) is 7.20. The van der Waals surface area contributed by atoms with Crippen molar-refractivity contribution in [2.75, 3.05) is 51.5 Å². The maximum Gasteiger partial charge on any atom is 0.259 e. The number of carbonyl (C=O) groups is 1. The zero-order valence-corrected chi connectivity index (χ0v) is 21.2. The van der Waals surface area contributed by atoms with Crippen molar-refractivity contribution in [2.24, 2.45) is 5.73 Å². The van der Waals surface area contributed by atoms with Gasteiger partial charge in [-0.25, -0.2) is 9.67 Å². The molecule has 4 aromatic rings. The smallest absolute Gasteiger partial charge is 0.259 e. The lowest BCUT2D eigenvalue weighted by Crippen LogP contribution is -2.14. The number of nitrogens with zero attached hydrogens (tertiary/aromatic N) is 5. The molecule has 0 radical (unpaired) electrons. The van der Waals surface area contributed by atoms with Crippen molar-refractivity contribution in [1.29, 1.82) is 0 Å². The Morgan fingerprint density at radius 2 is 1.68 bits per heavy atom. The molecular formula is C26H33N7O4. The van der Waals surface area contributed by atoms with Gasteiger partial charge in [0.1, 0.15) is 11.3 Å². The molecule has 0 spiro atoms. The Morgan fingerprint density at radius 3 is 2.41 bits per heavy atom. The van der Waals surface area contributed by atoms with Crippen molar-refractivity contribution < 1.29 is 19.0 Å². The second kappa shape index (κ2) is 13.1. The zero-order valence-electron chi connectivity index (χ0n) is 21.2. The third-order valence-corrected chi connectivity index (χ3v) is 5.63. The molecule has 0 saturated heterocycles. The summed E-state index contributed by atoms with van der Waals surface area (Å²) in [5, 5.41) is 11.4. The average molecular weight is 508 g/mol. The molecule has 11 nitrogen and oxygen atoms in total. The second-order valence-electron chi connectivity index (χ2n) is 8.49. The van der Waals surface area contributed by atoms with E-state index in [9.17, 15) is 4.79 Å². The number of hydrogen-bond acceptors (Lipinski definition) is 8. The van der Waals surface area contributed by atoms with E-state index >= 15 is 0 Å². The highest BCUT2D eigenvalue weighted by Gasteiger charge is 2.14. The van der Waals surface area contributed by atoms with Crippen LogP contribution in [0.15, 0.2) is 48.8 Å². The topological polar surface area (TPSA) is 131 Å². The minimum Gasteiger partial charge on any atom is -0.378 e. The molecule has 1 amide bonds. The maximum atomic E-state index is 12.9. The Bertz CT molecular complexity index is 1300. The Kier molecular flexibility index (Phi) is 9.33. The molecule has 0 aliphatic heterocycles. The molecule has 0 aliphatic carbocycles. The number of anilines is 1. The van der Waals surface area contributed by atoms with Crippen molar-refractivity contribution in [3.63, 3.8) is 0 Å². The summed E-state index contributed by atoms with van der Waals surface area (Å²) >= 11 is 0. The van der Waals surface area contributed by atoms with Gasteiger partial charge >= 0.3 is 0 Å². The normalized spacial score (nSPS) is 11.3. The first kappa shape index (κ1) is 26.4. The predicted molar refractivity (Wildman–Crippen MR) is 140 cm³/mol. The summed E-state index contributed by atoms with van der Waals surface area (Å²) in [7, 11) is 0. The minimum absolute atomic E-state index is 0.205. The molecule has 3 N–H and O–H groups in total. The van der Waals surface area contributed by atoms with Crippen LogP contribution in [0.1, 0.15) is 21.7 Å². The number of ether oxygens (including phenoxy) is 3. The highest BCUT2D eigenvalue weighted by atomic mass is 16.5. The van der Waals surface area contributed by atoms with Crippen LogP contribution >= 0.6 is 0 Å². The van der Waals surface area contributed by atoms with E-state index in [4.69, 9.17) is 19.9 Å². The van der Waals surface area contributed by atoms with Crippen LogP contribution in [0.3, 0.4) is 0 Å². The van der Waals surface area contributed by atoms with E-state index in [0.717, 1.165) is 22.6 Å². The van der Waals surface area contributed by atoms with Crippen LogP contribution in [0, 0.1) is 13.8 Å². The maximum absolute atomic E-state index is 12.9. The molecule has 0 unspecified atom stereocenters. The lowest BCUT2D eigenvalue weighted by atomic mass is 10.1. The van der Waals surface area contributed by atoms with Crippen molar-refractivity contribution >= 4 is 17.2 Å². The van der Waals surface area contributed by atoms with Crippen molar-refractivity contribution in [3.8, 4) is 11.3 Å². The van der Waals surface area contributed by atoms with Gasteiger partial charge in [0.15, 0.2) is 0 Å². The summed E-state index contributed by atoms with van der Waals surface area (Å²) < 4.78 is 19.9. The molecule has 1 aromatic carbocycles. The van der Waals surface area contributed by atoms with Crippen molar-refractivity contribution in [1.82, 2.24) is 24.4 Å². The number of carbonyl (C=O) groups excluding carboxylic acids is 1. The fourth-order valence-electron chi connectivity index (χ4n) is 3.82. The number of hydrogen-bond donors (Lipinski definition) is 2. The van der Waals surface area contributed by atoms with E-state index < -0.39 is 0 Å². The Labute approximate surface area is 215 Å². The van der Waals surface area contributed by atoms with Crippen molar-refractivity contribution in [3.05, 3.63) is 65.7 Å². The van der Waals surface area contributed by atoms with Gasteiger partial charge in [-0.2, -0.15) is 0 Å². The highest BCUT2D eigenvalue weighted by molar-refractivity contribution is 6.08.